The molecule has 0 aliphatic carbocycles. The number of anilines is 1. The molecule has 130 valence electrons. The van der Waals surface area contributed by atoms with Crippen LogP contribution in [0, 0.1) is 5.41 Å². The molecule has 1 aromatic carbocycles. The molecule has 1 aromatic rings. The third-order valence-electron chi connectivity index (χ3n) is 5.22. The molecule has 1 atom stereocenters. The van der Waals surface area contributed by atoms with E-state index in [0.29, 0.717) is 37.4 Å². The van der Waals surface area contributed by atoms with E-state index in [2.05, 4.69) is 10.6 Å². The van der Waals surface area contributed by atoms with E-state index < -0.39 is 5.41 Å². The van der Waals surface area contributed by atoms with Crippen LogP contribution in [0.4, 0.5) is 5.69 Å². The van der Waals surface area contributed by atoms with Crippen LogP contribution in [0.3, 0.4) is 0 Å². The zero-order chi connectivity index (χ0) is 17.4. The largest absolute Gasteiger partial charge is 0.396 e. The van der Waals surface area contributed by atoms with E-state index in [1.54, 1.807) is 12.1 Å². The number of carbonyl (C=O) groups is 2. The van der Waals surface area contributed by atoms with E-state index in [-0.39, 0.29) is 23.8 Å². The number of carbonyl (C=O) groups excluding carboxylic acids is 2. The molecule has 0 unspecified atom stereocenters. The summed E-state index contributed by atoms with van der Waals surface area (Å²) < 4.78 is 5.44. The van der Waals surface area contributed by atoms with Crippen molar-refractivity contribution in [1.82, 2.24) is 5.32 Å². The van der Waals surface area contributed by atoms with Gasteiger partial charge in [0.1, 0.15) is 0 Å². The summed E-state index contributed by atoms with van der Waals surface area (Å²) in [5.74, 6) is -0.235. The zero-order valence-corrected chi connectivity index (χ0v) is 14.1. The number of aliphatic hydroxyl groups is 1. The predicted molar refractivity (Wildman–Crippen MR) is 90.0 cm³/mol. The highest BCUT2D eigenvalue weighted by molar-refractivity contribution is 6.07. The minimum absolute atomic E-state index is 0.0555. The third-order valence-corrected chi connectivity index (χ3v) is 5.22. The van der Waals surface area contributed by atoms with Crippen molar-refractivity contribution in [2.45, 2.75) is 32.1 Å². The van der Waals surface area contributed by atoms with Crippen LogP contribution in [0.1, 0.15) is 42.6 Å². The van der Waals surface area contributed by atoms with Gasteiger partial charge in [0.15, 0.2) is 0 Å². The Morgan fingerprint density at radius 2 is 2.21 bits per heavy atom. The lowest BCUT2D eigenvalue weighted by atomic mass is 9.84. The molecule has 1 saturated heterocycles. The van der Waals surface area contributed by atoms with Crippen molar-refractivity contribution in [1.29, 1.82) is 0 Å². The zero-order valence-electron chi connectivity index (χ0n) is 14.1. The Kier molecular flexibility index (Phi) is 4.36. The van der Waals surface area contributed by atoms with E-state index in [0.717, 1.165) is 12.0 Å². The van der Waals surface area contributed by atoms with Crippen LogP contribution < -0.4 is 10.6 Å². The van der Waals surface area contributed by atoms with Gasteiger partial charge < -0.3 is 20.5 Å². The van der Waals surface area contributed by atoms with Crippen molar-refractivity contribution in [3.8, 4) is 0 Å². The minimum Gasteiger partial charge on any atom is -0.396 e. The maximum Gasteiger partial charge on any atom is 0.251 e. The molecule has 0 aromatic heterocycles. The highest BCUT2D eigenvalue weighted by Crippen LogP contribution is 2.37. The Hall–Kier alpha value is -1.92. The summed E-state index contributed by atoms with van der Waals surface area (Å²) in [6.07, 6.45) is 1.45. The van der Waals surface area contributed by atoms with Gasteiger partial charge in [0.25, 0.3) is 5.91 Å². The maximum absolute atomic E-state index is 12.5. The van der Waals surface area contributed by atoms with Crippen molar-refractivity contribution in [3.05, 3.63) is 29.3 Å². The van der Waals surface area contributed by atoms with Crippen LogP contribution in [-0.2, 0) is 14.9 Å². The normalized spacial score (nSPS) is 24.5. The van der Waals surface area contributed by atoms with Gasteiger partial charge in [-0.2, -0.15) is 0 Å². The molecule has 0 saturated carbocycles. The summed E-state index contributed by atoms with van der Waals surface area (Å²) in [4.78, 5) is 24.5. The molecule has 2 aliphatic rings. The van der Waals surface area contributed by atoms with Crippen molar-refractivity contribution < 1.29 is 19.4 Å². The van der Waals surface area contributed by atoms with Crippen molar-refractivity contribution >= 4 is 17.5 Å². The van der Waals surface area contributed by atoms with Gasteiger partial charge in [0, 0.05) is 36.4 Å². The molecule has 2 aliphatic heterocycles. The number of aliphatic hydroxyl groups excluding tert-OH is 1. The highest BCUT2D eigenvalue weighted by Gasteiger charge is 2.39. The second-order valence-electron chi connectivity index (χ2n) is 7.30. The average Bonchev–Trinajstić information content (AvgIpc) is 3.09. The summed E-state index contributed by atoms with van der Waals surface area (Å²) in [6, 6.07) is 5.31. The fourth-order valence-corrected chi connectivity index (χ4v) is 3.42. The number of nitrogens with one attached hydrogen (secondary N) is 2. The fourth-order valence-electron chi connectivity index (χ4n) is 3.42. The number of amides is 2. The van der Waals surface area contributed by atoms with Gasteiger partial charge in [-0.25, -0.2) is 0 Å². The van der Waals surface area contributed by atoms with Gasteiger partial charge in [0.2, 0.25) is 5.91 Å². The molecule has 2 heterocycles. The lowest BCUT2D eigenvalue weighted by molar-refractivity contribution is -0.119. The summed E-state index contributed by atoms with van der Waals surface area (Å²) in [5, 5.41) is 15.0. The van der Waals surface area contributed by atoms with Gasteiger partial charge in [-0.1, -0.05) is 6.07 Å². The van der Waals surface area contributed by atoms with E-state index in [9.17, 15) is 14.7 Å². The quantitative estimate of drug-likeness (QED) is 0.761. The Balaban J connectivity index is 1.71. The molecule has 2 amide bonds. The highest BCUT2D eigenvalue weighted by atomic mass is 16.5. The molecule has 1 fully saturated rings. The topological polar surface area (TPSA) is 87.7 Å². The second kappa shape index (κ2) is 6.18. The van der Waals surface area contributed by atoms with Gasteiger partial charge in [0.05, 0.1) is 12.0 Å². The van der Waals surface area contributed by atoms with Crippen molar-refractivity contribution in [3.63, 3.8) is 0 Å². The average molecular weight is 332 g/mol. The fraction of sp³-hybridized carbons (Fsp3) is 0.556. The standard InChI is InChI=1S/C18H24N2O4/c1-17(2)13-4-3-12(9-14(13)20-16(17)23)15(22)19-10-18(5-7-21)6-8-24-11-18/h3-4,9,21H,5-8,10-11H2,1-2H3,(H,19,22)(H,20,23)/t18-/m1/s1. The molecule has 6 heteroatoms. The Morgan fingerprint density at radius 3 is 2.88 bits per heavy atom. The molecule has 0 spiro atoms. The third kappa shape index (κ3) is 2.91. The summed E-state index contributed by atoms with van der Waals surface area (Å²) >= 11 is 0. The minimum atomic E-state index is -0.573. The van der Waals surface area contributed by atoms with Crippen LogP contribution >= 0.6 is 0 Å². The number of hydrogen-bond acceptors (Lipinski definition) is 4. The van der Waals surface area contributed by atoms with Crippen LogP contribution in [0.2, 0.25) is 0 Å². The lowest BCUT2D eigenvalue weighted by Crippen LogP contribution is -2.38. The van der Waals surface area contributed by atoms with Gasteiger partial charge in [-0.3, -0.25) is 9.59 Å². The lowest BCUT2D eigenvalue weighted by Gasteiger charge is -2.26. The summed E-state index contributed by atoms with van der Waals surface area (Å²) in [5.41, 5.74) is 1.37. The smallest absolute Gasteiger partial charge is 0.251 e. The molecule has 0 radical (unpaired) electrons. The molecule has 6 nitrogen and oxygen atoms in total. The van der Waals surface area contributed by atoms with Gasteiger partial charge in [-0.15, -0.1) is 0 Å². The number of ether oxygens (including phenoxy) is 1. The molecule has 0 bridgehead atoms. The first-order valence-electron chi connectivity index (χ1n) is 8.31. The number of hydrogen-bond donors (Lipinski definition) is 3. The number of fused-ring (bicyclic) bond motifs is 1. The van der Waals surface area contributed by atoms with E-state index in [1.165, 1.54) is 0 Å². The first-order valence-corrected chi connectivity index (χ1v) is 8.31. The Morgan fingerprint density at radius 1 is 1.42 bits per heavy atom. The van der Waals surface area contributed by atoms with Crippen LogP contribution in [-0.4, -0.2) is 43.3 Å². The first kappa shape index (κ1) is 16.9. The van der Waals surface area contributed by atoms with Crippen molar-refractivity contribution in [2.75, 3.05) is 31.7 Å². The number of rotatable bonds is 5. The molecular formula is C18H24N2O4. The van der Waals surface area contributed by atoms with Gasteiger partial charge >= 0.3 is 0 Å². The Bertz CT molecular complexity index is 663. The monoisotopic (exact) mass is 332 g/mol. The van der Waals surface area contributed by atoms with Crippen molar-refractivity contribution in [2.24, 2.45) is 5.41 Å². The van der Waals surface area contributed by atoms with E-state index >= 15 is 0 Å². The second-order valence-corrected chi connectivity index (χ2v) is 7.30. The molecular weight excluding hydrogens is 308 g/mol. The van der Waals surface area contributed by atoms with Crippen LogP contribution in [0.5, 0.6) is 0 Å². The summed E-state index contributed by atoms with van der Waals surface area (Å²) in [7, 11) is 0. The Labute approximate surface area is 141 Å². The van der Waals surface area contributed by atoms with Crippen LogP contribution in [0.25, 0.3) is 0 Å². The maximum atomic E-state index is 12.5. The first-order chi connectivity index (χ1) is 11.4. The SMILES string of the molecule is CC1(C)C(=O)Nc2cc(C(=O)NC[C@@]3(CCO)CCOC3)ccc21. The summed E-state index contributed by atoms with van der Waals surface area (Å²) in [6.45, 7) is 5.51. The molecule has 24 heavy (non-hydrogen) atoms. The van der Waals surface area contributed by atoms with E-state index in [1.807, 2.05) is 19.9 Å². The molecule has 3 rings (SSSR count). The molecule has 3 N–H and O–H groups in total. The van der Waals surface area contributed by atoms with Gasteiger partial charge in [-0.05, 0) is 44.4 Å². The predicted octanol–water partition coefficient (Wildman–Crippen LogP) is 1.44. The van der Waals surface area contributed by atoms with Crippen LogP contribution in [0.15, 0.2) is 18.2 Å². The van der Waals surface area contributed by atoms with E-state index in [4.69, 9.17) is 4.74 Å². The number of benzene rings is 1.